The van der Waals surface area contributed by atoms with Gasteiger partial charge in [-0.2, -0.15) is 0 Å². The molecule has 36 heavy (non-hydrogen) atoms. The van der Waals surface area contributed by atoms with Gasteiger partial charge in [-0.05, 0) is 13.8 Å². The first-order chi connectivity index (χ1) is 16.6. The molecule has 15 heteroatoms. The van der Waals surface area contributed by atoms with Gasteiger partial charge in [0.1, 0.15) is 12.4 Å². The number of hydrogen-bond donors (Lipinski definition) is 0. The van der Waals surface area contributed by atoms with Gasteiger partial charge in [-0.1, -0.05) is 32.5 Å². The van der Waals surface area contributed by atoms with E-state index in [-0.39, 0.29) is 23.1 Å². The van der Waals surface area contributed by atoms with Crippen molar-refractivity contribution >= 4 is 41.7 Å². The van der Waals surface area contributed by atoms with E-state index in [0.29, 0.717) is 17.2 Å². The summed E-state index contributed by atoms with van der Waals surface area (Å²) in [6.07, 6.45) is -2.20. The lowest BCUT2D eigenvalue weighted by molar-refractivity contribution is -0.219. The van der Waals surface area contributed by atoms with Crippen LogP contribution in [0.15, 0.2) is 6.33 Å². The predicted molar refractivity (Wildman–Crippen MR) is 129 cm³/mol. The fourth-order valence-corrected chi connectivity index (χ4v) is 6.29. The van der Waals surface area contributed by atoms with Gasteiger partial charge in [-0.15, -0.1) is 0 Å². The minimum atomic E-state index is -4.33. The molecule has 0 bridgehead atoms. The van der Waals surface area contributed by atoms with Gasteiger partial charge in [0.05, 0.1) is 12.9 Å². The van der Waals surface area contributed by atoms with Gasteiger partial charge >= 0.3 is 7.82 Å². The van der Waals surface area contributed by atoms with Gasteiger partial charge in [0.15, 0.2) is 40.1 Å². The Balaban J connectivity index is 1.54. The molecule has 0 N–H and O–H groups in total. The molecule has 2 aromatic rings. The molecule has 200 valence electrons. The zero-order valence-corrected chi connectivity index (χ0v) is 22.9. The van der Waals surface area contributed by atoms with Crippen molar-refractivity contribution < 1.29 is 36.4 Å². The molecular weight excluding hydrogens is 519 g/mol. The second-order valence-electron chi connectivity index (χ2n) is 10.1. The molecule has 4 heterocycles. The van der Waals surface area contributed by atoms with Gasteiger partial charge in [0.2, 0.25) is 0 Å². The van der Waals surface area contributed by atoms with Crippen molar-refractivity contribution in [3.63, 3.8) is 0 Å². The quantitative estimate of drug-likeness (QED) is 0.385. The summed E-state index contributed by atoms with van der Waals surface area (Å²) < 4.78 is 67.3. The molecule has 0 aromatic carbocycles. The van der Waals surface area contributed by atoms with Crippen molar-refractivity contribution in [3.8, 4) is 0 Å². The average molecular weight is 550 g/mol. The summed E-state index contributed by atoms with van der Waals surface area (Å²) in [5.74, 6) is -1.68. The standard InChI is InChI=1S/C21H30F2N5O6PS/c1-12-25-14(27(6)7)13-15(26-12)28(11-24-13)17-20(5,22)16-21(23,33-17)10-32-35(30,34-16)31-8-9-36-18(29)19(2,3)4/h11,16-17H,8-10H2,1-7H3/t16-,17+,20+,21+,35?/m0/s1. The molecule has 0 saturated carbocycles. The van der Waals surface area contributed by atoms with Gasteiger partial charge in [-0.3, -0.25) is 22.9 Å². The summed E-state index contributed by atoms with van der Waals surface area (Å²) in [6, 6.07) is 0. The number of ether oxygens (including phenoxy) is 1. The summed E-state index contributed by atoms with van der Waals surface area (Å²) in [4.78, 5) is 26.8. The second-order valence-corrected chi connectivity index (χ2v) is 12.8. The van der Waals surface area contributed by atoms with Crippen LogP contribution < -0.4 is 4.90 Å². The first-order valence-electron chi connectivity index (χ1n) is 11.3. The number of halogens is 2. The Kier molecular flexibility index (Phi) is 7.02. The third-order valence-corrected chi connectivity index (χ3v) is 8.38. The molecule has 1 unspecified atom stereocenters. The molecule has 2 aromatic heterocycles. The number of imidazole rings is 1. The van der Waals surface area contributed by atoms with Crippen LogP contribution in [-0.4, -0.2) is 75.3 Å². The highest BCUT2D eigenvalue weighted by atomic mass is 32.2. The van der Waals surface area contributed by atoms with Crippen molar-refractivity contribution in [1.82, 2.24) is 19.5 Å². The number of hydrogen-bond acceptors (Lipinski definition) is 11. The van der Waals surface area contributed by atoms with Crippen LogP contribution in [0.25, 0.3) is 11.2 Å². The third kappa shape index (κ3) is 4.91. The molecule has 0 amide bonds. The summed E-state index contributed by atoms with van der Waals surface area (Å²) in [5.41, 5.74) is -2.45. The molecule has 4 rings (SSSR count). The zero-order valence-electron chi connectivity index (χ0n) is 21.2. The van der Waals surface area contributed by atoms with E-state index < -0.39 is 43.7 Å². The molecule has 2 aliphatic heterocycles. The van der Waals surface area contributed by atoms with Crippen LogP contribution in [0.5, 0.6) is 0 Å². The van der Waals surface area contributed by atoms with Gasteiger partial charge < -0.3 is 9.64 Å². The van der Waals surface area contributed by atoms with Crippen LogP contribution in [0.3, 0.4) is 0 Å². The fraction of sp³-hybridized carbons (Fsp3) is 0.714. The topological polar surface area (TPSA) is 118 Å². The van der Waals surface area contributed by atoms with E-state index in [2.05, 4.69) is 15.0 Å². The molecule has 11 nitrogen and oxygen atoms in total. The summed E-state index contributed by atoms with van der Waals surface area (Å²) >= 11 is 0.998. The van der Waals surface area contributed by atoms with Crippen molar-refractivity contribution in [1.29, 1.82) is 0 Å². The maximum Gasteiger partial charge on any atom is 0.475 e. The first-order valence-corrected chi connectivity index (χ1v) is 13.7. The number of rotatable bonds is 6. The number of fused-ring (bicyclic) bond motifs is 2. The largest absolute Gasteiger partial charge is 0.475 e. The maximum atomic E-state index is 16.2. The Labute approximate surface area is 211 Å². The van der Waals surface area contributed by atoms with Crippen molar-refractivity contribution in [3.05, 3.63) is 12.2 Å². The van der Waals surface area contributed by atoms with Crippen LogP contribution >= 0.6 is 19.6 Å². The number of alkyl halides is 2. The fourth-order valence-electron chi connectivity index (χ4n) is 3.92. The van der Waals surface area contributed by atoms with E-state index in [1.807, 2.05) is 0 Å². The van der Waals surface area contributed by atoms with Crippen molar-refractivity contribution in [2.75, 3.05) is 38.0 Å². The molecule has 2 fully saturated rings. The molecule has 0 aliphatic carbocycles. The minimum Gasteiger partial charge on any atom is -0.361 e. The van der Waals surface area contributed by atoms with Gasteiger partial charge in [0.25, 0.3) is 5.85 Å². The molecule has 0 spiro atoms. The highest BCUT2D eigenvalue weighted by molar-refractivity contribution is 8.13. The Morgan fingerprint density at radius 2 is 2.06 bits per heavy atom. The van der Waals surface area contributed by atoms with Crippen molar-refractivity contribution in [2.24, 2.45) is 5.41 Å². The smallest absolute Gasteiger partial charge is 0.361 e. The summed E-state index contributed by atoms with van der Waals surface area (Å²) in [6.45, 7) is 7.02. The number of aryl methyl sites for hydroxylation is 1. The van der Waals surface area contributed by atoms with E-state index in [4.69, 9.17) is 18.3 Å². The maximum absolute atomic E-state index is 16.2. The number of nitrogens with zero attached hydrogens (tertiary/aromatic N) is 5. The lowest BCUT2D eigenvalue weighted by Crippen LogP contribution is -2.51. The van der Waals surface area contributed by atoms with E-state index in [0.717, 1.165) is 18.7 Å². The Morgan fingerprint density at radius 1 is 1.36 bits per heavy atom. The highest BCUT2D eigenvalue weighted by Gasteiger charge is 2.70. The molecule has 5 atom stereocenters. The Hall–Kier alpha value is -1.70. The average Bonchev–Trinajstić information content (AvgIpc) is 3.26. The third-order valence-electron chi connectivity index (χ3n) is 5.72. The number of carbonyl (C=O) groups is 1. The van der Waals surface area contributed by atoms with E-state index in [1.54, 1.807) is 46.7 Å². The van der Waals surface area contributed by atoms with Crippen LogP contribution in [0, 0.1) is 12.3 Å². The highest BCUT2D eigenvalue weighted by Crippen LogP contribution is 2.63. The number of carbonyl (C=O) groups excluding carboxylic acids is 1. The second kappa shape index (κ2) is 9.25. The van der Waals surface area contributed by atoms with Crippen LogP contribution in [0.2, 0.25) is 0 Å². The summed E-state index contributed by atoms with van der Waals surface area (Å²) in [7, 11) is -0.779. The number of phosphoric ester groups is 1. The zero-order chi connectivity index (χ0) is 26.7. The lowest BCUT2D eigenvalue weighted by Gasteiger charge is -2.36. The minimum absolute atomic E-state index is 0.0787. The predicted octanol–water partition coefficient (Wildman–Crippen LogP) is 3.97. The number of phosphoric acid groups is 1. The Bertz CT molecular complexity index is 1220. The van der Waals surface area contributed by atoms with Gasteiger partial charge in [0, 0.05) is 25.3 Å². The summed E-state index contributed by atoms with van der Waals surface area (Å²) in [5, 5.41) is -0.0787. The van der Waals surface area contributed by atoms with E-state index in [1.165, 1.54) is 10.9 Å². The molecule has 0 radical (unpaired) electrons. The SMILES string of the molecule is Cc1nc(N(C)C)c2ncn([C@@H]3O[C@]4(F)COP(=O)(OCCSC(=O)C(C)(C)C)O[C@H]4[C@@]3(C)F)c2n1. The number of anilines is 1. The van der Waals surface area contributed by atoms with E-state index >= 15 is 8.78 Å². The van der Waals surface area contributed by atoms with Crippen LogP contribution in [0.1, 0.15) is 39.7 Å². The normalized spacial score (nSPS) is 32.6. The first kappa shape index (κ1) is 27.3. The van der Waals surface area contributed by atoms with Gasteiger partial charge in [-0.25, -0.2) is 28.3 Å². The lowest BCUT2D eigenvalue weighted by atomic mass is 9.97. The van der Waals surface area contributed by atoms with E-state index in [9.17, 15) is 9.36 Å². The Morgan fingerprint density at radius 3 is 2.69 bits per heavy atom. The van der Waals surface area contributed by atoms with Crippen molar-refractivity contribution in [2.45, 2.75) is 58.5 Å². The molecular formula is C21H30F2N5O6PS. The van der Waals surface area contributed by atoms with Crippen LogP contribution in [-0.2, 0) is 27.7 Å². The molecule has 2 aliphatic rings. The molecule has 2 saturated heterocycles. The number of thioether (sulfide) groups is 1. The van der Waals surface area contributed by atoms with Crippen LogP contribution in [0.4, 0.5) is 14.6 Å². The number of aromatic nitrogens is 4. The monoisotopic (exact) mass is 549 g/mol.